The van der Waals surface area contributed by atoms with E-state index in [1.807, 2.05) is 37.3 Å². The largest absolute Gasteiger partial charge is 0.488 e. The van der Waals surface area contributed by atoms with E-state index in [0.29, 0.717) is 23.9 Å². The van der Waals surface area contributed by atoms with Gasteiger partial charge in [0.05, 0.1) is 12.0 Å². The monoisotopic (exact) mass is 247 g/mol. The molecule has 0 radical (unpaired) electrons. The number of furan rings is 1. The highest BCUT2D eigenvalue weighted by Crippen LogP contribution is 2.32. The Morgan fingerprint density at radius 3 is 2.94 bits per heavy atom. The summed E-state index contributed by atoms with van der Waals surface area (Å²) in [4.78, 5) is 0. The number of ether oxygens (including phenoxy) is 1. The number of hydrogen-bond donors (Lipinski definition) is 1. The average molecular weight is 247 g/mol. The summed E-state index contributed by atoms with van der Waals surface area (Å²) in [7, 11) is 0. The third-order valence-electron chi connectivity index (χ3n) is 2.48. The molecular formula is C13H13NO2S. The molecule has 0 aliphatic heterocycles. The molecule has 3 nitrogen and oxygen atoms in total. The molecule has 1 heterocycles. The molecule has 1 unspecified atom stereocenters. The molecule has 0 N–H and O–H groups in total. The number of hydrogen-bond acceptors (Lipinski definition) is 4. The predicted molar refractivity (Wildman–Crippen MR) is 69.4 cm³/mol. The first-order valence-corrected chi connectivity index (χ1v) is 6.04. The molecule has 2 aromatic rings. The van der Waals surface area contributed by atoms with Crippen LogP contribution < -0.4 is 4.74 Å². The second-order valence-electron chi connectivity index (χ2n) is 3.97. The van der Waals surface area contributed by atoms with E-state index in [0.717, 1.165) is 11.1 Å². The number of nitriles is 1. The second kappa shape index (κ2) is 5.15. The van der Waals surface area contributed by atoms with Crippen LogP contribution in [0.1, 0.15) is 12.7 Å². The minimum Gasteiger partial charge on any atom is -0.488 e. The van der Waals surface area contributed by atoms with E-state index in [4.69, 9.17) is 14.4 Å². The summed E-state index contributed by atoms with van der Waals surface area (Å²) in [5, 5.41) is 9.85. The van der Waals surface area contributed by atoms with Gasteiger partial charge in [-0.05, 0) is 23.8 Å². The summed E-state index contributed by atoms with van der Waals surface area (Å²) in [5.74, 6) is 1.85. The van der Waals surface area contributed by atoms with Gasteiger partial charge in [0.15, 0.2) is 5.75 Å². The summed E-state index contributed by atoms with van der Waals surface area (Å²) in [6.07, 6.45) is 0. The molecule has 0 aliphatic rings. The first kappa shape index (κ1) is 11.9. The van der Waals surface area contributed by atoms with Crippen molar-refractivity contribution in [3.05, 3.63) is 30.0 Å². The van der Waals surface area contributed by atoms with E-state index in [9.17, 15) is 0 Å². The van der Waals surface area contributed by atoms with Crippen molar-refractivity contribution in [3.8, 4) is 11.8 Å². The van der Waals surface area contributed by atoms with E-state index in [-0.39, 0.29) is 5.76 Å². The topological polar surface area (TPSA) is 46.2 Å². The zero-order valence-corrected chi connectivity index (χ0v) is 10.4. The maximum Gasteiger partial charge on any atom is 0.246 e. The van der Waals surface area contributed by atoms with Crippen LogP contribution in [0.3, 0.4) is 0 Å². The van der Waals surface area contributed by atoms with Gasteiger partial charge in [-0.25, -0.2) is 0 Å². The van der Waals surface area contributed by atoms with Gasteiger partial charge >= 0.3 is 0 Å². The Balaban J connectivity index is 2.34. The number of benzene rings is 1. The van der Waals surface area contributed by atoms with Gasteiger partial charge in [0.1, 0.15) is 11.7 Å². The Labute approximate surface area is 105 Å². The lowest BCUT2D eigenvalue weighted by atomic mass is 10.2. The van der Waals surface area contributed by atoms with Gasteiger partial charge in [-0.2, -0.15) is 17.9 Å². The molecule has 1 aromatic carbocycles. The lowest BCUT2D eigenvalue weighted by molar-refractivity contribution is 0.272. The van der Waals surface area contributed by atoms with Crippen molar-refractivity contribution < 1.29 is 9.15 Å². The van der Waals surface area contributed by atoms with E-state index in [1.54, 1.807) is 0 Å². The molecule has 2 rings (SSSR count). The van der Waals surface area contributed by atoms with Crippen molar-refractivity contribution in [3.63, 3.8) is 0 Å². The quantitative estimate of drug-likeness (QED) is 0.843. The number of rotatable bonds is 4. The van der Waals surface area contributed by atoms with E-state index >= 15 is 0 Å². The fourth-order valence-electron chi connectivity index (χ4n) is 1.52. The Bertz CT molecular complexity index is 556. The van der Waals surface area contributed by atoms with Gasteiger partial charge in [-0.3, -0.25) is 0 Å². The Hall–Kier alpha value is -1.60. The van der Waals surface area contributed by atoms with Crippen molar-refractivity contribution in [2.75, 3.05) is 12.4 Å². The molecule has 0 bridgehead atoms. The van der Waals surface area contributed by atoms with Crippen molar-refractivity contribution in [1.82, 2.24) is 0 Å². The van der Waals surface area contributed by atoms with Crippen LogP contribution in [0.2, 0.25) is 0 Å². The zero-order chi connectivity index (χ0) is 12.3. The van der Waals surface area contributed by atoms with Crippen molar-refractivity contribution in [1.29, 1.82) is 5.26 Å². The molecule has 4 heteroatoms. The molecule has 17 heavy (non-hydrogen) atoms. The van der Waals surface area contributed by atoms with Crippen LogP contribution >= 0.6 is 12.6 Å². The van der Waals surface area contributed by atoms with Crippen LogP contribution in [0.25, 0.3) is 11.0 Å². The standard InChI is InChI=1S/C13H13NO2S/c1-9(8-17)7-15-13-10-4-2-3-5-11(10)16-12(13)6-14/h2-5,9,17H,7-8H2,1H3. The van der Waals surface area contributed by atoms with Crippen molar-refractivity contribution >= 4 is 23.6 Å². The number of thiol groups is 1. The third-order valence-corrected chi connectivity index (χ3v) is 3.10. The Morgan fingerprint density at radius 2 is 2.24 bits per heavy atom. The van der Waals surface area contributed by atoms with E-state index < -0.39 is 0 Å². The third kappa shape index (κ3) is 2.40. The average Bonchev–Trinajstić information content (AvgIpc) is 2.73. The highest BCUT2D eigenvalue weighted by Gasteiger charge is 2.15. The summed E-state index contributed by atoms with van der Waals surface area (Å²) in [6, 6.07) is 9.49. The minimum atomic E-state index is 0.234. The first-order chi connectivity index (χ1) is 8.26. The van der Waals surface area contributed by atoms with Crippen LogP contribution in [0.15, 0.2) is 28.7 Å². The van der Waals surface area contributed by atoms with E-state index in [2.05, 4.69) is 12.6 Å². The highest BCUT2D eigenvalue weighted by atomic mass is 32.1. The normalized spacial score (nSPS) is 12.3. The maximum atomic E-state index is 9.00. The van der Waals surface area contributed by atoms with Crippen LogP contribution in [0.5, 0.6) is 5.75 Å². The van der Waals surface area contributed by atoms with Crippen LogP contribution in [0.4, 0.5) is 0 Å². The summed E-state index contributed by atoms with van der Waals surface area (Å²) in [5.41, 5.74) is 0.678. The van der Waals surface area contributed by atoms with Gasteiger partial charge < -0.3 is 9.15 Å². The fraction of sp³-hybridized carbons (Fsp3) is 0.308. The number of fused-ring (bicyclic) bond motifs is 1. The fourth-order valence-corrected chi connectivity index (χ4v) is 1.62. The smallest absolute Gasteiger partial charge is 0.246 e. The molecular weight excluding hydrogens is 234 g/mol. The second-order valence-corrected chi connectivity index (χ2v) is 4.33. The summed E-state index contributed by atoms with van der Waals surface area (Å²) < 4.78 is 11.1. The molecule has 0 spiro atoms. The van der Waals surface area contributed by atoms with Crippen LogP contribution in [-0.4, -0.2) is 12.4 Å². The highest BCUT2D eigenvalue weighted by molar-refractivity contribution is 7.80. The molecule has 0 saturated heterocycles. The Kier molecular flexibility index (Phi) is 3.60. The maximum absolute atomic E-state index is 9.00. The number of nitrogens with zero attached hydrogens (tertiary/aromatic N) is 1. The lowest BCUT2D eigenvalue weighted by Crippen LogP contribution is -2.09. The molecule has 0 aliphatic carbocycles. The lowest BCUT2D eigenvalue weighted by Gasteiger charge is -2.09. The first-order valence-electron chi connectivity index (χ1n) is 5.41. The van der Waals surface area contributed by atoms with E-state index in [1.165, 1.54) is 0 Å². The summed E-state index contributed by atoms with van der Waals surface area (Å²) in [6.45, 7) is 2.57. The van der Waals surface area contributed by atoms with Crippen molar-refractivity contribution in [2.45, 2.75) is 6.92 Å². The zero-order valence-electron chi connectivity index (χ0n) is 9.51. The Morgan fingerprint density at radius 1 is 1.47 bits per heavy atom. The van der Waals surface area contributed by atoms with Gasteiger partial charge in [0, 0.05) is 0 Å². The molecule has 1 aromatic heterocycles. The molecule has 0 amide bonds. The van der Waals surface area contributed by atoms with Crippen LogP contribution in [0, 0.1) is 17.2 Å². The van der Waals surface area contributed by atoms with Gasteiger partial charge in [0.25, 0.3) is 0 Å². The molecule has 0 saturated carbocycles. The van der Waals surface area contributed by atoms with Crippen LogP contribution in [-0.2, 0) is 0 Å². The SMILES string of the molecule is CC(CS)COc1c(C#N)oc2ccccc12. The van der Waals surface area contributed by atoms with Crippen molar-refractivity contribution in [2.24, 2.45) is 5.92 Å². The minimum absolute atomic E-state index is 0.234. The summed E-state index contributed by atoms with van der Waals surface area (Å²) >= 11 is 4.20. The molecule has 1 atom stereocenters. The van der Waals surface area contributed by atoms with Gasteiger partial charge in [0.2, 0.25) is 5.76 Å². The predicted octanol–water partition coefficient (Wildman–Crippen LogP) is 3.25. The number of para-hydroxylation sites is 1. The molecule has 88 valence electrons. The molecule has 0 fully saturated rings. The van der Waals surface area contributed by atoms with Gasteiger partial charge in [-0.1, -0.05) is 19.1 Å². The van der Waals surface area contributed by atoms with Gasteiger partial charge in [-0.15, -0.1) is 0 Å².